The highest BCUT2D eigenvalue weighted by molar-refractivity contribution is 5.94. The van der Waals surface area contributed by atoms with Gasteiger partial charge in [-0.25, -0.2) is 20.4 Å². The number of hydrogen-bond donors (Lipinski definition) is 1. The highest BCUT2D eigenvalue weighted by Crippen LogP contribution is 2.22. The second-order valence-corrected chi connectivity index (χ2v) is 4.09. The Bertz CT molecular complexity index is 445. The number of nitrogens with one attached hydrogen (secondary N) is 1. The molecule has 90 valence electrons. The van der Waals surface area contributed by atoms with E-state index >= 15 is 0 Å². The average molecular weight is 234 g/mol. The van der Waals surface area contributed by atoms with E-state index < -0.39 is 0 Å². The lowest BCUT2D eigenvalue weighted by Gasteiger charge is -2.17. The molecule has 1 aliphatic heterocycles. The monoisotopic (exact) mass is 234 g/mol. The van der Waals surface area contributed by atoms with Crippen LogP contribution in [0.25, 0.3) is 0 Å². The first-order chi connectivity index (χ1) is 8.16. The van der Waals surface area contributed by atoms with Gasteiger partial charge < -0.3 is 0 Å². The lowest BCUT2D eigenvalue weighted by molar-refractivity contribution is -0.138. The van der Waals surface area contributed by atoms with Gasteiger partial charge in [0.1, 0.15) is 6.33 Å². The molecule has 1 amide bonds. The van der Waals surface area contributed by atoms with E-state index in [2.05, 4.69) is 20.4 Å². The summed E-state index contributed by atoms with van der Waals surface area (Å²) >= 11 is 0. The maximum Gasteiger partial charge on any atom is 0.252 e. The number of fused-ring (bicyclic) bond motifs is 1. The Kier molecular flexibility index (Phi) is 3.43. The molecule has 2 rings (SSSR count). The van der Waals surface area contributed by atoms with Crippen LogP contribution in [0.4, 0.5) is 5.82 Å². The fourth-order valence-electron chi connectivity index (χ4n) is 1.47. The van der Waals surface area contributed by atoms with E-state index in [1.807, 2.05) is 13.8 Å². The lowest BCUT2D eigenvalue weighted by Crippen LogP contribution is -2.35. The third-order valence-electron chi connectivity index (χ3n) is 2.31. The minimum atomic E-state index is -0.327. The molecule has 0 saturated heterocycles. The quantitative estimate of drug-likeness (QED) is 0.785. The second-order valence-electron chi connectivity index (χ2n) is 4.09. The molecule has 0 saturated carbocycles. The molecular weight excluding hydrogens is 220 g/mol. The fourth-order valence-corrected chi connectivity index (χ4v) is 1.47. The summed E-state index contributed by atoms with van der Waals surface area (Å²) in [5, 5.41) is 0. The zero-order chi connectivity index (χ0) is 12.3. The van der Waals surface area contributed by atoms with Crippen LogP contribution in [0.2, 0.25) is 0 Å². The van der Waals surface area contributed by atoms with Gasteiger partial charge in [-0.05, 0) is 20.3 Å². The minimum absolute atomic E-state index is 0.0462. The molecule has 17 heavy (non-hydrogen) atoms. The van der Waals surface area contributed by atoms with Gasteiger partial charge in [0.25, 0.3) is 5.91 Å². The Morgan fingerprint density at radius 2 is 2.41 bits per heavy atom. The Hall–Kier alpha value is -1.82. The molecule has 1 aliphatic rings. The van der Waals surface area contributed by atoms with E-state index in [0.29, 0.717) is 12.2 Å². The van der Waals surface area contributed by atoms with Crippen molar-refractivity contribution in [2.75, 3.05) is 0 Å². The number of hydrogen-bond acceptors (Lipinski definition) is 5. The van der Waals surface area contributed by atoms with E-state index in [9.17, 15) is 4.79 Å². The van der Waals surface area contributed by atoms with Gasteiger partial charge in [0, 0.05) is 18.0 Å². The van der Waals surface area contributed by atoms with Gasteiger partial charge in [-0.2, -0.15) is 0 Å². The Morgan fingerprint density at radius 1 is 1.59 bits per heavy atom. The number of nitrogens with zero attached hydrogens (tertiary/aromatic N) is 3. The standard InChI is InChI=1S/C11H14N4O2/c1-7(2)17-15-11(16)9-3-8-4-12-6-14-10(8)13-5-9/h4-7,9H,3H2,1-2H3,(H,15,16). The van der Waals surface area contributed by atoms with Crippen molar-refractivity contribution in [3.63, 3.8) is 0 Å². The van der Waals surface area contributed by atoms with Gasteiger partial charge in [0.05, 0.1) is 12.0 Å². The van der Waals surface area contributed by atoms with E-state index in [4.69, 9.17) is 4.84 Å². The maximum absolute atomic E-state index is 11.7. The van der Waals surface area contributed by atoms with Crippen molar-refractivity contribution in [1.82, 2.24) is 15.4 Å². The van der Waals surface area contributed by atoms with Crippen LogP contribution in [0.3, 0.4) is 0 Å². The molecule has 6 nitrogen and oxygen atoms in total. The predicted octanol–water partition coefficient (Wildman–Crippen LogP) is 0.807. The molecule has 1 aromatic rings. The van der Waals surface area contributed by atoms with Crippen LogP contribution in [0, 0.1) is 5.92 Å². The summed E-state index contributed by atoms with van der Waals surface area (Å²) in [6.45, 7) is 3.69. The highest BCUT2D eigenvalue weighted by Gasteiger charge is 2.22. The highest BCUT2D eigenvalue weighted by atomic mass is 16.7. The Labute approximate surface area is 99.1 Å². The summed E-state index contributed by atoms with van der Waals surface area (Å²) in [5.41, 5.74) is 3.29. The van der Waals surface area contributed by atoms with Crippen LogP contribution in [-0.2, 0) is 16.1 Å². The summed E-state index contributed by atoms with van der Waals surface area (Å²) in [7, 11) is 0. The SMILES string of the molecule is CC(C)ONC(=O)C1C=Nc2ncncc2C1. The maximum atomic E-state index is 11.7. The van der Waals surface area contributed by atoms with E-state index in [1.165, 1.54) is 6.33 Å². The molecule has 0 spiro atoms. The molecule has 0 aliphatic carbocycles. The zero-order valence-electron chi connectivity index (χ0n) is 9.75. The van der Waals surface area contributed by atoms with Crippen molar-refractivity contribution >= 4 is 17.9 Å². The van der Waals surface area contributed by atoms with Gasteiger partial charge in [0.15, 0.2) is 5.82 Å². The first-order valence-corrected chi connectivity index (χ1v) is 5.45. The molecule has 1 unspecified atom stereocenters. The average Bonchev–Trinajstić information content (AvgIpc) is 2.35. The fraction of sp³-hybridized carbons (Fsp3) is 0.455. The molecule has 6 heteroatoms. The number of aliphatic imine (C=N–C) groups is 1. The number of hydroxylamine groups is 1. The van der Waals surface area contributed by atoms with Crippen LogP contribution in [-0.4, -0.2) is 28.2 Å². The molecule has 1 atom stereocenters. The summed E-state index contributed by atoms with van der Waals surface area (Å²) in [5.74, 6) is 0.109. The summed E-state index contributed by atoms with van der Waals surface area (Å²) in [4.78, 5) is 28.9. The topological polar surface area (TPSA) is 76.5 Å². The first kappa shape index (κ1) is 11.7. The molecular formula is C11H14N4O2. The van der Waals surface area contributed by atoms with Crippen molar-refractivity contribution < 1.29 is 9.63 Å². The van der Waals surface area contributed by atoms with E-state index in [1.54, 1.807) is 12.4 Å². The molecule has 1 N–H and O–H groups in total. The van der Waals surface area contributed by atoms with Crippen LogP contribution in [0.15, 0.2) is 17.5 Å². The Balaban J connectivity index is 2.00. The molecule has 2 heterocycles. The van der Waals surface area contributed by atoms with Crippen LogP contribution < -0.4 is 5.48 Å². The van der Waals surface area contributed by atoms with Crippen LogP contribution >= 0.6 is 0 Å². The zero-order valence-corrected chi connectivity index (χ0v) is 9.75. The predicted molar refractivity (Wildman–Crippen MR) is 61.7 cm³/mol. The molecule has 0 aromatic carbocycles. The largest absolute Gasteiger partial charge is 0.272 e. The third kappa shape index (κ3) is 2.85. The first-order valence-electron chi connectivity index (χ1n) is 5.45. The minimum Gasteiger partial charge on any atom is -0.272 e. The summed E-state index contributed by atoms with van der Waals surface area (Å²) in [6, 6.07) is 0. The smallest absolute Gasteiger partial charge is 0.252 e. The summed E-state index contributed by atoms with van der Waals surface area (Å²) < 4.78 is 0. The van der Waals surface area contributed by atoms with Gasteiger partial charge >= 0.3 is 0 Å². The molecule has 0 fully saturated rings. The van der Waals surface area contributed by atoms with Crippen molar-refractivity contribution in [2.45, 2.75) is 26.4 Å². The van der Waals surface area contributed by atoms with E-state index in [0.717, 1.165) is 5.56 Å². The lowest BCUT2D eigenvalue weighted by atomic mass is 9.99. The van der Waals surface area contributed by atoms with Crippen LogP contribution in [0.5, 0.6) is 0 Å². The Morgan fingerprint density at radius 3 is 3.18 bits per heavy atom. The summed E-state index contributed by atoms with van der Waals surface area (Å²) in [6.07, 6.45) is 5.22. The number of rotatable bonds is 3. The number of carbonyl (C=O) groups excluding carboxylic acids is 1. The van der Waals surface area contributed by atoms with Crippen molar-refractivity contribution in [3.05, 3.63) is 18.1 Å². The second kappa shape index (κ2) is 5.01. The van der Waals surface area contributed by atoms with Crippen molar-refractivity contribution in [1.29, 1.82) is 0 Å². The van der Waals surface area contributed by atoms with E-state index in [-0.39, 0.29) is 17.9 Å². The van der Waals surface area contributed by atoms with Crippen molar-refractivity contribution in [3.8, 4) is 0 Å². The molecule has 0 radical (unpaired) electrons. The molecule has 1 aromatic heterocycles. The number of carbonyl (C=O) groups is 1. The third-order valence-corrected chi connectivity index (χ3v) is 2.31. The van der Waals surface area contributed by atoms with Gasteiger partial charge in [-0.15, -0.1) is 0 Å². The number of amides is 1. The molecule has 0 bridgehead atoms. The van der Waals surface area contributed by atoms with Crippen LogP contribution in [0.1, 0.15) is 19.4 Å². The van der Waals surface area contributed by atoms with Gasteiger partial charge in [0.2, 0.25) is 0 Å². The van der Waals surface area contributed by atoms with Gasteiger partial charge in [-0.3, -0.25) is 9.63 Å². The number of aromatic nitrogens is 2. The van der Waals surface area contributed by atoms with Gasteiger partial charge in [-0.1, -0.05) is 0 Å². The van der Waals surface area contributed by atoms with Crippen molar-refractivity contribution in [2.24, 2.45) is 10.9 Å². The normalized spacial score (nSPS) is 17.9.